The highest BCUT2D eigenvalue weighted by molar-refractivity contribution is 5.91. The predicted octanol–water partition coefficient (Wildman–Crippen LogP) is 10.8. The van der Waals surface area contributed by atoms with E-state index in [1.54, 1.807) is 24.3 Å². The Morgan fingerprint density at radius 3 is 1.93 bits per heavy atom. The smallest absolute Gasteiger partial charge is 0.343 e. The SMILES string of the molecule is C=CCCCCCCCCCOc1ccc(C(=O)Oc2ccc(C3OCC(CCCCCCCCCC)CO3)cc2)cc1. The summed E-state index contributed by atoms with van der Waals surface area (Å²) in [5.41, 5.74) is 1.43. The number of carbonyl (C=O) groups is 1. The van der Waals surface area contributed by atoms with Crippen LogP contribution in [0, 0.1) is 5.92 Å². The zero-order valence-electron chi connectivity index (χ0n) is 26.7. The third-order valence-electron chi connectivity index (χ3n) is 8.21. The summed E-state index contributed by atoms with van der Waals surface area (Å²) >= 11 is 0. The normalized spacial score (nSPS) is 16.6. The van der Waals surface area contributed by atoms with E-state index in [4.69, 9.17) is 18.9 Å². The van der Waals surface area contributed by atoms with Crippen molar-refractivity contribution >= 4 is 5.97 Å². The van der Waals surface area contributed by atoms with Crippen molar-refractivity contribution in [2.75, 3.05) is 19.8 Å². The number of benzene rings is 2. The van der Waals surface area contributed by atoms with Crippen molar-refractivity contribution in [2.24, 2.45) is 5.92 Å². The van der Waals surface area contributed by atoms with Gasteiger partial charge in [-0.3, -0.25) is 0 Å². The standard InChI is InChI=1S/C38H56O5/c1-3-5-7-9-11-13-15-17-19-29-40-35-25-21-33(22-26-35)37(39)43-36-27-23-34(24-28-36)38-41-30-32(31-42-38)20-18-16-14-12-10-8-6-4-2/h3,21-28,32,38H,1,4-20,29-31H2,2H3. The Kier molecular flexibility index (Phi) is 17.8. The second-order valence-electron chi connectivity index (χ2n) is 12.0. The van der Waals surface area contributed by atoms with E-state index >= 15 is 0 Å². The zero-order chi connectivity index (χ0) is 30.4. The molecular weight excluding hydrogens is 536 g/mol. The summed E-state index contributed by atoms with van der Waals surface area (Å²) in [5, 5.41) is 0. The van der Waals surface area contributed by atoms with Gasteiger partial charge in [0, 0.05) is 11.5 Å². The van der Waals surface area contributed by atoms with Crippen molar-refractivity contribution in [3.05, 3.63) is 72.3 Å². The van der Waals surface area contributed by atoms with E-state index in [1.807, 2.05) is 30.3 Å². The first kappa shape index (κ1) is 34.9. The molecule has 0 spiro atoms. The number of ether oxygens (including phenoxy) is 4. The molecule has 1 heterocycles. The third kappa shape index (κ3) is 14.6. The monoisotopic (exact) mass is 592 g/mol. The Balaban J connectivity index is 1.27. The van der Waals surface area contributed by atoms with Crippen LogP contribution in [0.25, 0.3) is 0 Å². The van der Waals surface area contributed by atoms with Crippen LogP contribution in [0.15, 0.2) is 61.2 Å². The first-order valence-corrected chi connectivity index (χ1v) is 17.1. The maximum atomic E-state index is 12.7. The van der Waals surface area contributed by atoms with Crippen LogP contribution < -0.4 is 9.47 Å². The van der Waals surface area contributed by atoms with Gasteiger partial charge in [-0.05, 0) is 62.1 Å². The van der Waals surface area contributed by atoms with Gasteiger partial charge in [-0.15, -0.1) is 6.58 Å². The molecule has 0 aromatic heterocycles. The lowest BCUT2D eigenvalue weighted by Crippen LogP contribution is -2.27. The van der Waals surface area contributed by atoms with Crippen LogP contribution in [-0.4, -0.2) is 25.8 Å². The van der Waals surface area contributed by atoms with E-state index in [9.17, 15) is 4.79 Å². The highest BCUT2D eigenvalue weighted by Crippen LogP contribution is 2.29. The van der Waals surface area contributed by atoms with Crippen LogP contribution in [0.5, 0.6) is 11.5 Å². The summed E-state index contributed by atoms with van der Waals surface area (Å²) in [4.78, 5) is 12.7. The molecular formula is C38H56O5. The van der Waals surface area contributed by atoms with E-state index in [0.29, 0.717) is 23.8 Å². The fraction of sp³-hybridized carbons (Fsp3) is 0.605. The maximum absolute atomic E-state index is 12.7. The molecule has 5 heteroatoms. The van der Waals surface area contributed by atoms with Gasteiger partial charge in [0.05, 0.1) is 25.4 Å². The fourth-order valence-corrected chi connectivity index (χ4v) is 5.48. The van der Waals surface area contributed by atoms with Crippen LogP contribution >= 0.6 is 0 Å². The lowest BCUT2D eigenvalue weighted by molar-refractivity contribution is -0.206. The minimum Gasteiger partial charge on any atom is -0.494 e. The number of hydrogen-bond acceptors (Lipinski definition) is 5. The molecule has 0 radical (unpaired) electrons. The minimum absolute atomic E-state index is 0.362. The molecule has 3 rings (SSSR count). The number of carbonyl (C=O) groups excluding carboxylic acids is 1. The number of hydrogen-bond donors (Lipinski definition) is 0. The second kappa shape index (κ2) is 22.0. The zero-order valence-corrected chi connectivity index (χ0v) is 26.7. The van der Waals surface area contributed by atoms with Crippen LogP contribution in [0.2, 0.25) is 0 Å². The molecule has 1 aliphatic rings. The van der Waals surface area contributed by atoms with Crippen molar-refractivity contribution in [3.8, 4) is 11.5 Å². The molecule has 0 aliphatic carbocycles. The van der Waals surface area contributed by atoms with Gasteiger partial charge in [0.2, 0.25) is 0 Å². The van der Waals surface area contributed by atoms with Gasteiger partial charge in [-0.1, -0.05) is 109 Å². The molecule has 43 heavy (non-hydrogen) atoms. The first-order valence-electron chi connectivity index (χ1n) is 17.1. The Hall–Kier alpha value is -2.63. The average molecular weight is 593 g/mol. The van der Waals surface area contributed by atoms with E-state index in [0.717, 1.165) is 37.4 Å². The molecule has 0 saturated carbocycles. The molecule has 5 nitrogen and oxygen atoms in total. The number of esters is 1. The van der Waals surface area contributed by atoms with Gasteiger partial charge in [0.1, 0.15) is 11.5 Å². The number of allylic oxidation sites excluding steroid dienone is 1. The number of unbranched alkanes of at least 4 members (excludes halogenated alkanes) is 14. The lowest BCUT2D eigenvalue weighted by atomic mass is 10.0. The highest BCUT2D eigenvalue weighted by atomic mass is 16.7. The minimum atomic E-state index is -0.388. The second-order valence-corrected chi connectivity index (χ2v) is 12.0. The van der Waals surface area contributed by atoms with Crippen LogP contribution in [0.1, 0.15) is 138 Å². The van der Waals surface area contributed by atoms with E-state index in [1.165, 1.54) is 96.3 Å². The maximum Gasteiger partial charge on any atom is 0.343 e. The largest absolute Gasteiger partial charge is 0.494 e. The third-order valence-corrected chi connectivity index (χ3v) is 8.21. The van der Waals surface area contributed by atoms with Crippen molar-refractivity contribution < 1.29 is 23.7 Å². The summed E-state index contributed by atoms with van der Waals surface area (Å²) in [6.07, 6.45) is 23.3. The van der Waals surface area contributed by atoms with Crippen LogP contribution in [0.4, 0.5) is 0 Å². The molecule has 0 atom stereocenters. The predicted molar refractivity (Wildman–Crippen MR) is 176 cm³/mol. The Morgan fingerprint density at radius 2 is 1.30 bits per heavy atom. The quantitative estimate of drug-likeness (QED) is 0.0556. The fourth-order valence-electron chi connectivity index (χ4n) is 5.48. The topological polar surface area (TPSA) is 54.0 Å². The molecule has 0 bridgehead atoms. The molecule has 1 aliphatic heterocycles. The summed E-state index contributed by atoms with van der Waals surface area (Å²) < 4.78 is 23.5. The Bertz CT molecular complexity index is 992. The van der Waals surface area contributed by atoms with E-state index in [2.05, 4.69) is 13.5 Å². The molecule has 0 amide bonds. The van der Waals surface area contributed by atoms with Crippen LogP contribution in [0.3, 0.4) is 0 Å². The summed E-state index contributed by atoms with van der Waals surface area (Å²) in [5.74, 6) is 1.36. The van der Waals surface area contributed by atoms with E-state index < -0.39 is 0 Å². The molecule has 238 valence electrons. The van der Waals surface area contributed by atoms with Crippen molar-refractivity contribution in [1.82, 2.24) is 0 Å². The Morgan fingerprint density at radius 1 is 0.744 bits per heavy atom. The van der Waals surface area contributed by atoms with Gasteiger partial charge >= 0.3 is 5.97 Å². The van der Waals surface area contributed by atoms with Gasteiger partial charge in [-0.2, -0.15) is 0 Å². The van der Waals surface area contributed by atoms with Gasteiger partial charge < -0.3 is 18.9 Å². The molecule has 2 aromatic rings. The molecule has 0 unspecified atom stereocenters. The van der Waals surface area contributed by atoms with E-state index in [-0.39, 0.29) is 12.3 Å². The van der Waals surface area contributed by atoms with Crippen molar-refractivity contribution in [3.63, 3.8) is 0 Å². The van der Waals surface area contributed by atoms with Gasteiger partial charge in [-0.25, -0.2) is 4.79 Å². The highest BCUT2D eigenvalue weighted by Gasteiger charge is 2.23. The molecule has 1 fully saturated rings. The van der Waals surface area contributed by atoms with Gasteiger partial charge in [0.25, 0.3) is 0 Å². The van der Waals surface area contributed by atoms with Crippen molar-refractivity contribution in [2.45, 2.75) is 122 Å². The lowest BCUT2D eigenvalue weighted by Gasteiger charge is -2.29. The van der Waals surface area contributed by atoms with Crippen LogP contribution in [-0.2, 0) is 9.47 Å². The number of rotatable bonds is 23. The first-order chi connectivity index (χ1) is 21.2. The molecule has 0 N–H and O–H groups in total. The van der Waals surface area contributed by atoms with Gasteiger partial charge in [0.15, 0.2) is 6.29 Å². The molecule has 2 aromatic carbocycles. The molecule has 1 saturated heterocycles. The van der Waals surface area contributed by atoms with Crippen molar-refractivity contribution in [1.29, 1.82) is 0 Å². The summed E-state index contributed by atoms with van der Waals surface area (Å²) in [6, 6.07) is 14.6. The Labute approximate surface area is 261 Å². The average Bonchev–Trinajstić information content (AvgIpc) is 3.04. The summed E-state index contributed by atoms with van der Waals surface area (Å²) in [6.45, 7) is 8.19. The summed E-state index contributed by atoms with van der Waals surface area (Å²) in [7, 11) is 0.